The summed E-state index contributed by atoms with van der Waals surface area (Å²) in [5, 5.41) is 9.97. The maximum absolute atomic E-state index is 2.44. The lowest BCUT2D eigenvalue weighted by molar-refractivity contribution is 1.60. The Hall–Kier alpha value is -7.54. The molecular formula is C58H38. The van der Waals surface area contributed by atoms with E-state index in [9.17, 15) is 0 Å². The fourth-order valence-electron chi connectivity index (χ4n) is 9.06. The molecule has 0 amide bonds. The van der Waals surface area contributed by atoms with Crippen molar-refractivity contribution in [1.29, 1.82) is 0 Å². The lowest BCUT2D eigenvalue weighted by atomic mass is 9.83. The third kappa shape index (κ3) is 5.86. The van der Waals surface area contributed by atoms with Crippen LogP contribution in [-0.2, 0) is 0 Å². The van der Waals surface area contributed by atoms with Gasteiger partial charge in [0.1, 0.15) is 0 Å². The second-order valence-electron chi connectivity index (χ2n) is 15.2. The molecule has 0 heterocycles. The Morgan fingerprint density at radius 1 is 0.172 bits per heavy atom. The van der Waals surface area contributed by atoms with Crippen molar-refractivity contribution >= 4 is 43.1 Å². The Balaban J connectivity index is 1.22. The highest BCUT2D eigenvalue weighted by Gasteiger charge is 2.20. The average Bonchev–Trinajstić information content (AvgIpc) is 3.31. The molecule has 0 fully saturated rings. The van der Waals surface area contributed by atoms with Crippen LogP contribution in [-0.4, -0.2) is 0 Å². The minimum atomic E-state index is 1.20. The van der Waals surface area contributed by atoms with Gasteiger partial charge >= 0.3 is 0 Å². The highest BCUT2D eigenvalue weighted by Crippen LogP contribution is 2.47. The lowest BCUT2D eigenvalue weighted by Gasteiger charge is -2.20. The Kier molecular flexibility index (Phi) is 8.26. The Bertz CT molecular complexity index is 3050. The normalized spacial score (nSPS) is 11.4. The number of fused-ring (bicyclic) bond motifs is 4. The molecular weight excluding hydrogens is 697 g/mol. The van der Waals surface area contributed by atoms with E-state index < -0.39 is 0 Å². The summed E-state index contributed by atoms with van der Waals surface area (Å²) >= 11 is 0. The largest absolute Gasteiger partial charge is 0.0622 e. The fraction of sp³-hybridized carbons (Fsp3) is 0. The van der Waals surface area contributed by atoms with Gasteiger partial charge in [0.25, 0.3) is 0 Å². The van der Waals surface area contributed by atoms with Crippen LogP contribution in [0.25, 0.3) is 110 Å². The molecule has 0 aliphatic heterocycles. The first-order valence-corrected chi connectivity index (χ1v) is 20.1. The van der Waals surface area contributed by atoms with Crippen LogP contribution >= 0.6 is 0 Å². The topological polar surface area (TPSA) is 0 Å². The van der Waals surface area contributed by atoms with Gasteiger partial charge in [-0.15, -0.1) is 0 Å². The van der Waals surface area contributed by atoms with E-state index in [2.05, 4.69) is 231 Å². The van der Waals surface area contributed by atoms with Crippen LogP contribution in [0.1, 0.15) is 0 Å². The smallest absolute Gasteiger partial charge is 0.00261 e. The highest BCUT2D eigenvalue weighted by atomic mass is 14.2. The summed E-state index contributed by atoms with van der Waals surface area (Å²) in [6.07, 6.45) is 0. The van der Waals surface area contributed by atoms with E-state index in [1.165, 1.54) is 110 Å². The number of hydrogen-bond donors (Lipinski definition) is 0. The minimum Gasteiger partial charge on any atom is -0.0622 e. The Morgan fingerprint density at radius 3 is 0.931 bits per heavy atom. The molecule has 0 heteroatoms. The first kappa shape index (κ1) is 33.8. The van der Waals surface area contributed by atoms with Crippen LogP contribution in [0, 0.1) is 0 Å². The molecule has 11 aromatic rings. The van der Waals surface area contributed by atoms with Crippen molar-refractivity contribution in [3.8, 4) is 66.8 Å². The van der Waals surface area contributed by atoms with Crippen LogP contribution in [0.5, 0.6) is 0 Å². The summed E-state index contributed by atoms with van der Waals surface area (Å²) in [4.78, 5) is 0. The van der Waals surface area contributed by atoms with E-state index in [0.717, 1.165) is 0 Å². The van der Waals surface area contributed by atoms with Gasteiger partial charge in [0.05, 0.1) is 0 Å². The van der Waals surface area contributed by atoms with Gasteiger partial charge in [-0.2, -0.15) is 0 Å². The molecule has 0 radical (unpaired) electrons. The standard InChI is InChI=1S/C58H38/c1-3-13-39(14-4-1)41-25-29-45(30-26-41)57-53-35-33-48(52-24-12-20-44-18-8-10-22-50(44)52)38-56(53)58(46-31-27-42(28-32-46)40-15-5-2-6-16-40)54-36-34-47(37-55(54)57)51-23-11-19-43-17-7-9-21-49(43)51/h1-38H. The van der Waals surface area contributed by atoms with Gasteiger partial charge in [0.15, 0.2) is 0 Å². The van der Waals surface area contributed by atoms with E-state index in [1.54, 1.807) is 0 Å². The molecule has 0 bridgehead atoms. The molecule has 0 spiro atoms. The zero-order valence-electron chi connectivity index (χ0n) is 31.9. The molecule has 11 rings (SSSR count). The Morgan fingerprint density at radius 2 is 0.500 bits per heavy atom. The zero-order valence-corrected chi connectivity index (χ0v) is 31.9. The van der Waals surface area contributed by atoms with Crippen molar-refractivity contribution in [3.05, 3.63) is 231 Å². The van der Waals surface area contributed by atoms with Crippen LogP contribution in [0.15, 0.2) is 231 Å². The summed E-state index contributed by atoms with van der Waals surface area (Å²) in [5.41, 5.74) is 14.7. The average molecular weight is 735 g/mol. The predicted octanol–water partition coefficient (Wildman–Crippen LogP) is 16.3. The van der Waals surface area contributed by atoms with Gasteiger partial charge in [-0.25, -0.2) is 0 Å². The summed E-state index contributed by atoms with van der Waals surface area (Å²) < 4.78 is 0. The highest BCUT2D eigenvalue weighted by molar-refractivity contribution is 6.23. The van der Waals surface area contributed by atoms with Crippen LogP contribution in [0.2, 0.25) is 0 Å². The van der Waals surface area contributed by atoms with E-state index in [0.29, 0.717) is 0 Å². The molecule has 0 aliphatic rings. The second kappa shape index (κ2) is 14.2. The Labute approximate surface area is 339 Å². The van der Waals surface area contributed by atoms with E-state index in [4.69, 9.17) is 0 Å². The summed E-state index contributed by atoms with van der Waals surface area (Å²) in [6, 6.07) is 84.7. The maximum Gasteiger partial charge on any atom is -0.00261 e. The van der Waals surface area contributed by atoms with Gasteiger partial charge in [-0.1, -0.05) is 218 Å². The molecule has 270 valence electrons. The molecule has 0 saturated carbocycles. The lowest BCUT2D eigenvalue weighted by Crippen LogP contribution is -1.93. The van der Waals surface area contributed by atoms with Crippen LogP contribution < -0.4 is 0 Å². The van der Waals surface area contributed by atoms with Crippen molar-refractivity contribution in [2.24, 2.45) is 0 Å². The van der Waals surface area contributed by atoms with Crippen LogP contribution in [0.4, 0.5) is 0 Å². The van der Waals surface area contributed by atoms with Crippen molar-refractivity contribution in [1.82, 2.24) is 0 Å². The molecule has 0 N–H and O–H groups in total. The van der Waals surface area contributed by atoms with Gasteiger partial charge in [-0.05, 0) is 122 Å². The first-order valence-electron chi connectivity index (χ1n) is 20.1. The number of rotatable bonds is 6. The van der Waals surface area contributed by atoms with E-state index in [-0.39, 0.29) is 0 Å². The molecule has 58 heavy (non-hydrogen) atoms. The van der Waals surface area contributed by atoms with Crippen LogP contribution in [0.3, 0.4) is 0 Å². The molecule has 0 atom stereocenters. The summed E-state index contributed by atoms with van der Waals surface area (Å²) in [7, 11) is 0. The third-order valence-corrected chi connectivity index (χ3v) is 11.9. The summed E-state index contributed by atoms with van der Waals surface area (Å²) in [5.74, 6) is 0. The molecule has 0 nitrogen and oxygen atoms in total. The van der Waals surface area contributed by atoms with Crippen molar-refractivity contribution in [2.75, 3.05) is 0 Å². The second-order valence-corrected chi connectivity index (χ2v) is 15.2. The minimum absolute atomic E-state index is 1.20. The third-order valence-electron chi connectivity index (χ3n) is 11.9. The predicted molar refractivity (Wildman–Crippen MR) is 249 cm³/mol. The van der Waals surface area contributed by atoms with E-state index >= 15 is 0 Å². The quantitative estimate of drug-likeness (QED) is 0.149. The van der Waals surface area contributed by atoms with Gasteiger partial charge in [0.2, 0.25) is 0 Å². The van der Waals surface area contributed by atoms with Crippen molar-refractivity contribution < 1.29 is 0 Å². The monoisotopic (exact) mass is 734 g/mol. The van der Waals surface area contributed by atoms with E-state index in [1.807, 2.05) is 0 Å². The number of benzene rings is 11. The molecule has 0 aliphatic carbocycles. The maximum atomic E-state index is 2.44. The van der Waals surface area contributed by atoms with Gasteiger partial charge in [0, 0.05) is 0 Å². The molecule has 0 aromatic heterocycles. The molecule has 0 saturated heterocycles. The van der Waals surface area contributed by atoms with Gasteiger partial charge < -0.3 is 0 Å². The number of hydrogen-bond acceptors (Lipinski definition) is 0. The molecule has 11 aromatic carbocycles. The molecule has 0 unspecified atom stereocenters. The fourth-order valence-corrected chi connectivity index (χ4v) is 9.06. The van der Waals surface area contributed by atoms with Crippen molar-refractivity contribution in [2.45, 2.75) is 0 Å². The zero-order chi connectivity index (χ0) is 38.4. The van der Waals surface area contributed by atoms with Crippen molar-refractivity contribution in [3.63, 3.8) is 0 Å². The van der Waals surface area contributed by atoms with Gasteiger partial charge in [-0.3, -0.25) is 0 Å². The SMILES string of the molecule is c1ccc(-c2ccc(-c3c4ccc(-c5cccc6ccccc56)cc4c(-c4ccc(-c5ccccc5)cc4)c4ccc(-c5cccc6ccccc56)cc34)cc2)cc1. The summed E-state index contributed by atoms with van der Waals surface area (Å²) in [6.45, 7) is 0. The first-order chi connectivity index (χ1) is 28.8.